The van der Waals surface area contributed by atoms with Gasteiger partial charge in [0.15, 0.2) is 23.0 Å². The molecule has 3 heterocycles. The number of halogens is 2. The van der Waals surface area contributed by atoms with Crippen molar-refractivity contribution < 1.29 is 18.7 Å². The highest BCUT2D eigenvalue weighted by atomic mass is 79.9. The molecule has 2 amide bonds. The minimum absolute atomic E-state index is 0.0494. The number of rotatable bonds is 9. The molecule has 0 saturated carbocycles. The van der Waals surface area contributed by atoms with Crippen molar-refractivity contribution in [2.75, 3.05) is 45.7 Å². The van der Waals surface area contributed by atoms with Crippen LogP contribution in [0.15, 0.2) is 59.5 Å². The number of benzene rings is 2. The zero-order chi connectivity index (χ0) is 28.9. The number of carbonyl (C=O) groups is 2. The van der Waals surface area contributed by atoms with Gasteiger partial charge in [0.2, 0.25) is 5.91 Å². The quantitative estimate of drug-likeness (QED) is 0.239. The van der Waals surface area contributed by atoms with Gasteiger partial charge in [-0.25, -0.2) is 14.4 Å². The Labute approximate surface area is 245 Å². The lowest BCUT2D eigenvalue weighted by molar-refractivity contribution is -0.126. The summed E-state index contributed by atoms with van der Waals surface area (Å²) in [7, 11) is 3.27. The van der Waals surface area contributed by atoms with Gasteiger partial charge in [-0.3, -0.25) is 14.0 Å². The lowest BCUT2D eigenvalue weighted by Crippen LogP contribution is -2.44. The number of aromatic nitrogens is 3. The number of amides is 2. The first-order chi connectivity index (χ1) is 19.9. The number of nitrogens with one attached hydrogen (secondary N) is 3. The van der Waals surface area contributed by atoms with E-state index in [1.54, 1.807) is 41.7 Å². The van der Waals surface area contributed by atoms with Gasteiger partial charge in [0, 0.05) is 60.2 Å². The third kappa shape index (κ3) is 6.18. The number of carbonyl (C=O) groups excluding carboxylic acids is 2. The molecule has 0 radical (unpaired) electrons. The van der Waals surface area contributed by atoms with Crippen molar-refractivity contribution in [1.82, 2.24) is 29.9 Å². The SMILES string of the molecule is CNCCNC(=O)C1CCN(C(=O)c2ccc(Nc3nccn4c(-c5ccc(OC)c(F)c5)cnc34)cc2Br)CC1. The van der Waals surface area contributed by atoms with Crippen molar-refractivity contribution in [2.24, 2.45) is 5.92 Å². The number of imidazole rings is 1. The number of fused-ring (bicyclic) bond motifs is 1. The van der Waals surface area contributed by atoms with Crippen LogP contribution in [0.4, 0.5) is 15.9 Å². The molecular formula is C29H31BrFN7O3. The largest absolute Gasteiger partial charge is 0.494 e. The van der Waals surface area contributed by atoms with Crippen LogP contribution in [0.5, 0.6) is 5.75 Å². The van der Waals surface area contributed by atoms with Gasteiger partial charge in [-0.05, 0) is 72.2 Å². The van der Waals surface area contributed by atoms with Crippen molar-refractivity contribution in [2.45, 2.75) is 12.8 Å². The van der Waals surface area contributed by atoms with E-state index >= 15 is 0 Å². The molecule has 1 aliphatic heterocycles. The van der Waals surface area contributed by atoms with E-state index in [9.17, 15) is 14.0 Å². The highest BCUT2D eigenvalue weighted by molar-refractivity contribution is 9.10. The molecule has 1 aliphatic rings. The van der Waals surface area contributed by atoms with Crippen molar-refractivity contribution in [3.8, 4) is 17.0 Å². The Morgan fingerprint density at radius 1 is 1.12 bits per heavy atom. The van der Waals surface area contributed by atoms with Gasteiger partial charge in [-0.1, -0.05) is 0 Å². The van der Waals surface area contributed by atoms with E-state index in [1.807, 2.05) is 23.6 Å². The Balaban J connectivity index is 1.27. The van der Waals surface area contributed by atoms with Crippen molar-refractivity contribution >= 4 is 44.9 Å². The first kappa shape index (κ1) is 28.5. The van der Waals surface area contributed by atoms with E-state index < -0.39 is 5.82 Å². The molecule has 0 bridgehead atoms. The summed E-state index contributed by atoms with van der Waals surface area (Å²) in [6, 6.07) is 10.2. The van der Waals surface area contributed by atoms with Crippen LogP contribution < -0.4 is 20.7 Å². The summed E-state index contributed by atoms with van der Waals surface area (Å²) >= 11 is 3.56. The Kier molecular flexibility index (Phi) is 8.79. The highest BCUT2D eigenvalue weighted by Gasteiger charge is 2.28. The molecule has 214 valence electrons. The normalized spacial score (nSPS) is 13.8. The van der Waals surface area contributed by atoms with Crippen LogP contribution >= 0.6 is 15.9 Å². The molecule has 10 nitrogen and oxygen atoms in total. The number of likely N-dealkylation sites (tertiary alicyclic amines) is 1. The monoisotopic (exact) mass is 623 g/mol. The zero-order valence-electron chi connectivity index (χ0n) is 22.8. The van der Waals surface area contributed by atoms with Crippen molar-refractivity contribution in [1.29, 1.82) is 0 Å². The fourth-order valence-electron chi connectivity index (χ4n) is 4.92. The molecule has 5 rings (SSSR count). The average molecular weight is 625 g/mol. The second-order valence-electron chi connectivity index (χ2n) is 9.74. The van der Waals surface area contributed by atoms with Crippen LogP contribution in [-0.4, -0.2) is 71.4 Å². The lowest BCUT2D eigenvalue weighted by Gasteiger charge is -2.31. The second kappa shape index (κ2) is 12.6. The van der Waals surface area contributed by atoms with E-state index in [2.05, 4.69) is 41.8 Å². The van der Waals surface area contributed by atoms with Crippen molar-refractivity contribution in [3.05, 3.63) is 70.8 Å². The summed E-state index contributed by atoms with van der Waals surface area (Å²) in [5, 5.41) is 9.23. The Hall–Kier alpha value is -4.03. The summed E-state index contributed by atoms with van der Waals surface area (Å²) in [6.45, 7) is 2.38. The Morgan fingerprint density at radius 3 is 2.63 bits per heavy atom. The number of methoxy groups -OCH3 is 1. The number of ether oxygens (including phenoxy) is 1. The van der Waals surface area contributed by atoms with Crippen LogP contribution in [0.3, 0.4) is 0 Å². The molecule has 0 unspecified atom stereocenters. The molecular weight excluding hydrogens is 593 g/mol. The fourth-order valence-corrected chi connectivity index (χ4v) is 5.47. The number of piperidine rings is 1. The van der Waals surface area contributed by atoms with E-state index in [1.165, 1.54) is 13.2 Å². The van der Waals surface area contributed by atoms with Gasteiger partial charge in [-0.15, -0.1) is 0 Å². The van der Waals surface area contributed by atoms with Gasteiger partial charge in [0.25, 0.3) is 5.91 Å². The smallest absolute Gasteiger partial charge is 0.255 e. The highest BCUT2D eigenvalue weighted by Crippen LogP contribution is 2.30. The summed E-state index contributed by atoms with van der Waals surface area (Å²) in [5.41, 5.74) is 3.17. The molecule has 1 fully saturated rings. The maximum Gasteiger partial charge on any atom is 0.255 e. The second-order valence-corrected chi connectivity index (χ2v) is 10.6. The fraction of sp³-hybridized carbons (Fsp3) is 0.310. The summed E-state index contributed by atoms with van der Waals surface area (Å²) in [6.07, 6.45) is 6.34. The number of anilines is 2. The van der Waals surface area contributed by atoms with Gasteiger partial charge in [-0.2, -0.15) is 0 Å². The molecule has 0 atom stereocenters. The van der Waals surface area contributed by atoms with E-state index in [4.69, 9.17) is 4.74 Å². The summed E-state index contributed by atoms with van der Waals surface area (Å²) in [4.78, 5) is 36.4. The third-order valence-corrected chi connectivity index (χ3v) is 7.82. The predicted molar refractivity (Wildman–Crippen MR) is 158 cm³/mol. The van der Waals surface area contributed by atoms with Crippen molar-refractivity contribution in [3.63, 3.8) is 0 Å². The van der Waals surface area contributed by atoms with Gasteiger partial charge in [0.05, 0.1) is 24.6 Å². The molecule has 2 aromatic carbocycles. The topological polar surface area (TPSA) is 113 Å². The zero-order valence-corrected chi connectivity index (χ0v) is 24.4. The van der Waals surface area contributed by atoms with E-state index in [0.717, 1.165) is 6.54 Å². The Morgan fingerprint density at radius 2 is 1.93 bits per heavy atom. The first-order valence-electron chi connectivity index (χ1n) is 13.3. The number of nitrogens with zero attached hydrogens (tertiary/aromatic N) is 4. The maximum absolute atomic E-state index is 14.3. The molecule has 2 aromatic heterocycles. The maximum atomic E-state index is 14.3. The van der Waals surface area contributed by atoms with Crippen LogP contribution in [0.25, 0.3) is 16.9 Å². The van der Waals surface area contributed by atoms with Gasteiger partial charge < -0.3 is 25.6 Å². The van der Waals surface area contributed by atoms with E-state index in [0.29, 0.717) is 70.9 Å². The minimum Gasteiger partial charge on any atom is -0.494 e. The van der Waals surface area contributed by atoms with E-state index in [-0.39, 0.29) is 23.5 Å². The van der Waals surface area contributed by atoms with Crippen LogP contribution in [0.1, 0.15) is 23.2 Å². The van der Waals surface area contributed by atoms with Crippen LogP contribution in [-0.2, 0) is 4.79 Å². The van der Waals surface area contributed by atoms with Crippen LogP contribution in [0, 0.1) is 11.7 Å². The summed E-state index contributed by atoms with van der Waals surface area (Å²) in [5.74, 6) is 0.117. The standard InChI is InChI=1S/C29H31BrFN7O3/c1-32-9-10-34-28(39)18-7-12-37(13-8-18)29(40)21-5-4-20(16-22(21)30)36-26-27-35-17-24(38(27)14-11-33-26)19-3-6-25(41-2)23(31)15-19/h3-6,11,14-18,32H,7-10,12-13H2,1-2H3,(H,33,36)(H,34,39). The first-order valence-corrected chi connectivity index (χ1v) is 14.1. The Bertz CT molecular complexity index is 1570. The molecule has 12 heteroatoms. The number of hydrogen-bond acceptors (Lipinski definition) is 7. The molecule has 0 aliphatic carbocycles. The number of likely N-dealkylation sites (N-methyl/N-ethyl adjacent to an activating group) is 1. The molecule has 3 N–H and O–H groups in total. The molecule has 4 aromatic rings. The van der Waals surface area contributed by atoms with Gasteiger partial charge in [0.1, 0.15) is 0 Å². The van der Waals surface area contributed by atoms with Crippen LogP contribution in [0.2, 0.25) is 0 Å². The molecule has 0 spiro atoms. The third-order valence-electron chi connectivity index (χ3n) is 7.17. The lowest BCUT2D eigenvalue weighted by atomic mass is 9.95. The molecule has 41 heavy (non-hydrogen) atoms. The molecule has 1 saturated heterocycles. The number of hydrogen-bond donors (Lipinski definition) is 3. The predicted octanol–water partition coefficient (Wildman–Crippen LogP) is 4.24. The summed E-state index contributed by atoms with van der Waals surface area (Å²) < 4.78 is 21.8. The minimum atomic E-state index is -0.457. The average Bonchev–Trinajstić information content (AvgIpc) is 3.42. The van der Waals surface area contributed by atoms with Gasteiger partial charge >= 0.3 is 0 Å².